The van der Waals surface area contributed by atoms with Gasteiger partial charge in [0.2, 0.25) is 0 Å². The van der Waals surface area contributed by atoms with Crippen LogP contribution in [0.3, 0.4) is 0 Å². The first-order valence-electron chi connectivity index (χ1n) is 46.1. The molecule has 624 valence electrons. The standard InChI is InChI=1S/C69H48N2.C60H40N2/c1-69(2)65-24-14-13-23-60(65)61-37-29-50(43-66(61)69)49-31-40-68-64(42-49)63-41-48(30-39-67(63)71(68)51-17-7-4-8-18-51)47-27-34-53(35-28-47)70(52-32-25-46(26-33-52)45-15-5-3-6-16-45)54-36-38-59-57-21-10-9-19-55(57)56-20-11-12-22-58(56)62(59)44-54;1-3-13-41(14-4-1)43-23-30-47(31-24-43)61(50-36-37-55-53-19-8-7-17-51(53)52-18-9-10-20-54(52)57(55)40-50)48-32-27-45(28-33-48)46-29-38-60-58(39-46)56-21-11-12-22-59(56)62(60)49-34-25-44(26-35-49)42-15-5-2-6-16-42/h3-44H,1-2H3;1-40H. The Labute approximate surface area is 773 Å². The van der Waals surface area contributed by atoms with E-state index in [9.17, 15) is 0 Å². The minimum absolute atomic E-state index is 0.0659. The average molecular weight is 1690 g/mol. The first-order valence-corrected chi connectivity index (χ1v) is 46.1. The number of anilines is 6. The molecular formula is C129H88N4. The molecule has 0 saturated carbocycles. The summed E-state index contributed by atoms with van der Waals surface area (Å²) in [5, 5.41) is 20.2. The highest BCUT2D eigenvalue weighted by molar-refractivity contribution is 6.27. The van der Waals surface area contributed by atoms with Crippen LogP contribution in [-0.2, 0) is 5.41 Å². The second-order valence-corrected chi connectivity index (χ2v) is 35.8. The summed E-state index contributed by atoms with van der Waals surface area (Å²) in [6, 6.07) is 183. The molecule has 0 fully saturated rings. The molecule has 23 aromatic carbocycles. The van der Waals surface area contributed by atoms with E-state index in [1.807, 2.05) is 0 Å². The van der Waals surface area contributed by atoms with Crippen molar-refractivity contribution in [3.8, 4) is 89.3 Å². The first kappa shape index (κ1) is 78.1. The summed E-state index contributed by atoms with van der Waals surface area (Å²) < 4.78 is 4.81. The minimum atomic E-state index is -0.0659. The SMILES string of the molecule is CC1(C)c2ccccc2-c2ccc(-c3ccc4c(c3)c3cc(-c5ccc(N(c6ccc(-c7ccccc7)cc6)c6ccc7c8ccccc8c8ccccc8c7c6)cc5)ccc3n4-c3ccccc3)cc21.c1ccc(-c2ccc(N(c3ccc(-c4ccc5c(c4)c4ccccc4n5-c4ccc(-c5ccccc5)cc4)cc3)c3ccc4c5ccccc5c5ccccc5c4c3)cc2)cc1. The molecular weight excluding hydrogens is 1610 g/mol. The molecule has 4 nitrogen and oxygen atoms in total. The Morgan fingerprint density at radius 1 is 0.150 bits per heavy atom. The predicted molar refractivity (Wildman–Crippen MR) is 566 cm³/mol. The summed E-state index contributed by atoms with van der Waals surface area (Å²) >= 11 is 0. The van der Waals surface area contributed by atoms with Gasteiger partial charge in [-0.2, -0.15) is 0 Å². The number of rotatable bonds is 14. The van der Waals surface area contributed by atoms with Crippen molar-refractivity contribution in [1.82, 2.24) is 9.13 Å². The monoisotopic (exact) mass is 1690 g/mol. The van der Waals surface area contributed by atoms with Crippen LogP contribution in [0.25, 0.3) is 198 Å². The van der Waals surface area contributed by atoms with E-state index >= 15 is 0 Å². The Hall–Kier alpha value is -17.2. The summed E-state index contributed by atoms with van der Waals surface area (Å²) in [5.41, 5.74) is 33.6. The molecule has 0 bridgehead atoms. The fourth-order valence-electron chi connectivity index (χ4n) is 21.4. The van der Waals surface area contributed by atoms with E-state index in [0.717, 1.165) is 45.5 Å². The molecule has 0 unspecified atom stereocenters. The van der Waals surface area contributed by atoms with Gasteiger partial charge >= 0.3 is 0 Å². The number of hydrogen-bond donors (Lipinski definition) is 0. The largest absolute Gasteiger partial charge is 0.310 e. The zero-order valence-electron chi connectivity index (χ0n) is 73.6. The first-order chi connectivity index (χ1) is 65.7. The van der Waals surface area contributed by atoms with E-state index in [1.165, 1.54) is 197 Å². The normalized spacial score (nSPS) is 12.2. The van der Waals surface area contributed by atoms with Crippen LogP contribution in [0.4, 0.5) is 34.1 Å². The van der Waals surface area contributed by atoms with Crippen LogP contribution in [0.15, 0.2) is 497 Å². The van der Waals surface area contributed by atoms with Gasteiger partial charge < -0.3 is 18.9 Å². The smallest absolute Gasteiger partial charge is 0.0541 e. The molecule has 4 heteroatoms. The van der Waals surface area contributed by atoms with E-state index in [0.29, 0.717) is 0 Å². The van der Waals surface area contributed by atoms with Crippen molar-refractivity contribution in [2.24, 2.45) is 0 Å². The van der Waals surface area contributed by atoms with Crippen LogP contribution in [0.1, 0.15) is 25.0 Å². The molecule has 0 N–H and O–H groups in total. The highest BCUT2D eigenvalue weighted by Gasteiger charge is 2.36. The van der Waals surface area contributed by atoms with E-state index in [-0.39, 0.29) is 5.41 Å². The van der Waals surface area contributed by atoms with Gasteiger partial charge in [0.25, 0.3) is 0 Å². The maximum atomic E-state index is 2.43. The fourth-order valence-corrected chi connectivity index (χ4v) is 21.4. The number of nitrogens with zero attached hydrogens (tertiary/aromatic N) is 4. The topological polar surface area (TPSA) is 16.3 Å². The predicted octanol–water partition coefficient (Wildman–Crippen LogP) is 35.7. The van der Waals surface area contributed by atoms with Gasteiger partial charge in [-0.25, -0.2) is 0 Å². The van der Waals surface area contributed by atoms with Crippen LogP contribution in [0, 0.1) is 0 Å². The lowest BCUT2D eigenvalue weighted by atomic mass is 9.81. The van der Waals surface area contributed by atoms with Gasteiger partial charge in [0, 0.05) is 72.5 Å². The summed E-state index contributed by atoms with van der Waals surface area (Å²) in [4.78, 5) is 4.79. The lowest BCUT2D eigenvalue weighted by Crippen LogP contribution is -2.14. The molecule has 25 aromatic rings. The van der Waals surface area contributed by atoms with Crippen LogP contribution in [0.5, 0.6) is 0 Å². The number of benzene rings is 23. The summed E-state index contributed by atoms with van der Waals surface area (Å²) in [5.74, 6) is 0. The number of para-hydroxylation sites is 2. The van der Waals surface area contributed by atoms with Crippen molar-refractivity contribution in [2.45, 2.75) is 19.3 Å². The van der Waals surface area contributed by atoms with Crippen molar-refractivity contribution in [2.75, 3.05) is 9.80 Å². The molecule has 0 spiro atoms. The Kier molecular flexibility index (Phi) is 18.9. The van der Waals surface area contributed by atoms with Gasteiger partial charge in [-0.3, -0.25) is 0 Å². The third-order valence-electron chi connectivity index (χ3n) is 28.0. The van der Waals surface area contributed by atoms with Crippen molar-refractivity contribution in [3.63, 3.8) is 0 Å². The van der Waals surface area contributed by atoms with Gasteiger partial charge in [0.05, 0.1) is 22.1 Å². The molecule has 2 aromatic heterocycles. The van der Waals surface area contributed by atoms with E-state index in [2.05, 4.69) is 530 Å². The lowest BCUT2D eigenvalue weighted by molar-refractivity contribution is 0.660. The van der Waals surface area contributed by atoms with Gasteiger partial charge in [0.15, 0.2) is 0 Å². The van der Waals surface area contributed by atoms with Crippen molar-refractivity contribution in [1.29, 1.82) is 0 Å². The molecule has 2 heterocycles. The van der Waals surface area contributed by atoms with E-state index < -0.39 is 0 Å². The highest BCUT2D eigenvalue weighted by atomic mass is 15.1. The molecule has 0 saturated heterocycles. The van der Waals surface area contributed by atoms with Crippen LogP contribution < -0.4 is 9.80 Å². The van der Waals surface area contributed by atoms with Crippen molar-refractivity contribution < 1.29 is 0 Å². The quantitative estimate of drug-likeness (QED) is 0.101. The van der Waals surface area contributed by atoms with Crippen LogP contribution in [0.2, 0.25) is 0 Å². The Balaban J connectivity index is 0.000000144. The third kappa shape index (κ3) is 13.5. The number of aromatic nitrogens is 2. The molecule has 133 heavy (non-hydrogen) atoms. The zero-order valence-corrected chi connectivity index (χ0v) is 73.6. The molecule has 1 aliphatic carbocycles. The third-order valence-corrected chi connectivity index (χ3v) is 28.0. The lowest BCUT2D eigenvalue weighted by Gasteiger charge is -2.26. The summed E-state index contributed by atoms with van der Waals surface area (Å²) in [6.07, 6.45) is 0. The minimum Gasteiger partial charge on any atom is -0.310 e. The van der Waals surface area contributed by atoms with Crippen LogP contribution in [-0.4, -0.2) is 9.13 Å². The maximum absolute atomic E-state index is 2.43. The van der Waals surface area contributed by atoms with Gasteiger partial charge in [-0.1, -0.05) is 366 Å². The summed E-state index contributed by atoms with van der Waals surface area (Å²) in [7, 11) is 0. The molecule has 0 radical (unpaired) electrons. The molecule has 0 atom stereocenters. The Morgan fingerprint density at radius 3 is 0.797 bits per heavy atom. The maximum Gasteiger partial charge on any atom is 0.0541 e. The molecule has 0 aliphatic heterocycles. The van der Waals surface area contributed by atoms with Crippen molar-refractivity contribution >= 4 is 142 Å². The van der Waals surface area contributed by atoms with E-state index in [4.69, 9.17) is 0 Å². The number of hydrogen-bond acceptors (Lipinski definition) is 2. The highest BCUT2D eigenvalue weighted by Crippen LogP contribution is 2.52. The van der Waals surface area contributed by atoms with Gasteiger partial charge in [-0.05, 0) is 299 Å². The average Bonchev–Trinajstić information content (AvgIpc) is 1.61. The molecule has 1 aliphatic rings. The van der Waals surface area contributed by atoms with Gasteiger partial charge in [0.1, 0.15) is 0 Å². The van der Waals surface area contributed by atoms with Crippen molar-refractivity contribution in [3.05, 3.63) is 509 Å². The fraction of sp³-hybridized carbons (Fsp3) is 0.0233. The second-order valence-electron chi connectivity index (χ2n) is 35.8. The zero-order chi connectivity index (χ0) is 88.2. The van der Waals surface area contributed by atoms with Gasteiger partial charge in [-0.15, -0.1) is 0 Å². The Bertz CT molecular complexity index is 8770. The second kappa shape index (κ2) is 32.2. The molecule has 26 rings (SSSR count). The Morgan fingerprint density at radius 2 is 0.398 bits per heavy atom. The number of fused-ring (bicyclic) bond motifs is 21. The summed E-state index contributed by atoms with van der Waals surface area (Å²) in [6.45, 7) is 4.72. The van der Waals surface area contributed by atoms with E-state index in [1.54, 1.807) is 0 Å². The van der Waals surface area contributed by atoms with Crippen LogP contribution >= 0.6 is 0 Å². The molecule has 0 amide bonds.